The van der Waals surface area contributed by atoms with Gasteiger partial charge in [-0.1, -0.05) is 17.7 Å². The highest BCUT2D eigenvalue weighted by atomic mass is 35.5. The summed E-state index contributed by atoms with van der Waals surface area (Å²) in [4.78, 5) is 13.3. The van der Waals surface area contributed by atoms with Gasteiger partial charge in [-0.2, -0.15) is 0 Å². The number of nitrogens with one attached hydrogen (secondary N) is 1. The Morgan fingerprint density at radius 1 is 1.45 bits per heavy atom. The second-order valence-corrected chi connectivity index (χ2v) is 6.24. The van der Waals surface area contributed by atoms with Crippen LogP contribution in [-0.2, 0) is 4.74 Å². The van der Waals surface area contributed by atoms with Gasteiger partial charge in [0.2, 0.25) is 0 Å². The number of benzene rings is 1. The molecule has 0 atom stereocenters. The second kappa shape index (κ2) is 5.48. The zero-order valence-corrected chi connectivity index (χ0v) is 12.5. The molecule has 1 aromatic rings. The van der Waals surface area contributed by atoms with E-state index in [1.165, 1.54) is 6.07 Å². The minimum atomic E-state index is -0.505. The fourth-order valence-electron chi connectivity index (χ4n) is 1.88. The molecule has 20 heavy (non-hydrogen) atoms. The number of carbonyl (C=O) groups is 1. The smallest absolute Gasteiger partial charge is 0.410 e. The van der Waals surface area contributed by atoms with Gasteiger partial charge < -0.3 is 15.0 Å². The molecule has 1 N–H and O–H groups in total. The Morgan fingerprint density at radius 2 is 2.10 bits per heavy atom. The van der Waals surface area contributed by atoms with Crippen molar-refractivity contribution in [3.63, 3.8) is 0 Å². The highest BCUT2D eigenvalue weighted by molar-refractivity contribution is 6.31. The number of carbonyl (C=O) groups excluding carboxylic acids is 1. The number of halogens is 2. The van der Waals surface area contributed by atoms with Gasteiger partial charge in [0.05, 0.1) is 16.8 Å². The molecule has 1 fully saturated rings. The van der Waals surface area contributed by atoms with Crippen LogP contribution in [0.1, 0.15) is 20.8 Å². The summed E-state index contributed by atoms with van der Waals surface area (Å²) in [6.07, 6.45) is -0.345. The Balaban J connectivity index is 1.85. The highest BCUT2D eigenvalue weighted by Crippen LogP contribution is 2.24. The van der Waals surface area contributed by atoms with Crippen LogP contribution in [-0.4, -0.2) is 35.7 Å². The van der Waals surface area contributed by atoms with Gasteiger partial charge in [0.15, 0.2) is 5.82 Å². The van der Waals surface area contributed by atoms with E-state index >= 15 is 0 Å². The van der Waals surface area contributed by atoms with Crippen molar-refractivity contribution in [2.45, 2.75) is 32.4 Å². The summed E-state index contributed by atoms with van der Waals surface area (Å²) in [5, 5.41) is 3.11. The molecule has 1 aliphatic heterocycles. The predicted molar refractivity (Wildman–Crippen MR) is 76.6 cm³/mol. The minimum absolute atomic E-state index is 0.00971. The third kappa shape index (κ3) is 3.54. The Morgan fingerprint density at radius 3 is 2.70 bits per heavy atom. The van der Waals surface area contributed by atoms with Gasteiger partial charge in [-0.15, -0.1) is 0 Å². The molecule has 1 heterocycles. The largest absolute Gasteiger partial charge is 0.444 e. The van der Waals surface area contributed by atoms with Crippen molar-refractivity contribution < 1.29 is 13.9 Å². The number of hydrogen-bond donors (Lipinski definition) is 1. The third-order valence-electron chi connectivity index (χ3n) is 2.84. The van der Waals surface area contributed by atoms with Crippen LogP contribution in [0.4, 0.5) is 14.9 Å². The lowest BCUT2D eigenvalue weighted by atomic mass is 10.1. The molecular formula is C14H18ClFN2O2. The summed E-state index contributed by atoms with van der Waals surface area (Å²) in [6.45, 7) is 6.44. The molecule has 110 valence electrons. The average Bonchev–Trinajstić information content (AvgIpc) is 2.25. The second-order valence-electron chi connectivity index (χ2n) is 5.83. The van der Waals surface area contributed by atoms with Gasteiger partial charge in [0.25, 0.3) is 0 Å². The molecule has 0 spiro atoms. The number of amides is 1. The number of hydrogen-bond acceptors (Lipinski definition) is 3. The zero-order chi connectivity index (χ0) is 14.9. The maximum absolute atomic E-state index is 13.7. The van der Waals surface area contributed by atoms with Crippen LogP contribution < -0.4 is 5.32 Å². The van der Waals surface area contributed by atoms with E-state index < -0.39 is 11.4 Å². The van der Waals surface area contributed by atoms with Gasteiger partial charge in [-0.3, -0.25) is 0 Å². The first-order valence-electron chi connectivity index (χ1n) is 6.45. The van der Waals surface area contributed by atoms with Crippen molar-refractivity contribution in [3.05, 3.63) is 29.0 Å². The van der Waals surface area contributed by atoms with E-state index in [1.54, 1.807) is 17.0 Å². The average molecular weight is 301 g/mol. The van der Waals surface area contributed by atoms with Crippen LogP contribution in [0.5, 0.6) is 0 Å². The monoisotopic (exact) mass is 300 g/mol. The van der Waals surface area contributed by atoms with E-state index in [0.717, 1.165) is 0 Å². The fourth-order valence-corrected chi connectivity index (χ4v) is 2.06. The predicted octanol–water partition coefficient (Wildman–Crippen LogP) is 3.51. The van der Waals surface area contributed by atoms with Crippen LogP contribution in [0.2, 0.25) is 5.02 Å². The van der Waals surface area contributed by atoms with E-state index in [0.29, 0.717) is 18.8 Å². The Bertz CT molecular complexity index is 510. The van der Waals surface area contributed by atoms with E-state index in [9.17, 15) is 9.18 Å². The lowest BCUT2D eigenvalue weighted by Crippen LogP contribution is -2.58. The lowest BCUT2D eigenvalue weighted by molar-refractivity contribution is 0.0105. The van der Waals surface area contributed by atoms with E-state index in [2.05, 4.69) is 5.32 Å². The molecule has 0 bridgehead atoms. The summed E-state index contributed by atoms with van der Waals surface area (Å²) in [5.74, 6) is -0.468. The molecule has 2 rings (SSSR count). The van der Waals surface area contributed by atoms with E-state index in [4.69, 9.17) is 16.3 Å². The van der Waals surface area contributed by atoms with Gasteiger partial charge in [0, 0.05) is 13.1 Å². The van der Waals surface area contributed by atoms with Crippen LogP contribution in [0, 0.1) is 5.82 Å². The normalized spacial score (nSPS) is 15.8. The number of nitrogens with zero attached hydrogens (tertiary/aromatic N) is 1. The molecule has 1 amide bonds. The van der Waals surface area contributed by atoms with Crippen molar-refractivity contribution in [1.82, 2.24) is 4.90 Å². The van der Waals surface area contributed by atoms with Gasteiger partial charge >= 0.3 is 6.09 Å². The summed E-state index contributed by atoms with van der Waals surface area (Å²) in [5.41, 5.74) is -0.152. The molecule has 1 aromatic carbocycles. The molecule has 1 aliphatic rings. The molecule has 6 heteroatoms. The number of ether oxygens (including phenoxy) is 1. The lowest BCUT2D eigenvalue weighted by Gasteiger charge is -2.40. The minimum Gasteiger partial charge on any atom is -0.444 e. The van der Waals surface area contributed by atoms with Crippen molar-refractivity contribution in [3.8, 4) is 0 Å². The molecule has 1 saturated heterocycles. The maximum atomic E-state index is 13.7. The molecule has 0 saturated carbocycles. The van der Waals surface area contributed by atoms with Crippen molar-refractivity contribution in [2.24, 2.45) is 0 Å². The van der Waals surface area contributed by atoms with Crippen molar-refractivity contribution in [2.75, 3.05) is 18.4 Å². The fraction of sp³-hybridized carbons (Fsp3) is 0.500. The summed E-state index contributed by atoms with van der Waals surface area (Å²) >= 11 is 5.71. The standard InChI is InChI=1S/C14H18ClFN2O2/c1-14(2,3)20-13(19)18-7-9(8-18)17-11-6-4-5-10(15)12(11)16/h4-6,9,17H,7-8H2,1-3H3. The van der Waals surface area contributed by atoms with Crippen molar-refractivity contribution in [1.29, 1.82) is 0 Å². The highest BCUT2D eigenvalue weighted by Gasteiger charge is 2.33. The first kappa shape index (κ1) is 14.9. The first-order valence-corrected chi connectivity index (χ1v) is 6.82. The summed E-state index contributed by atoms with van der Waals surface area (Å²) in [6, 6.07) is 4.81. The summed E-state index contributed by atoms with van der Waals surface area (Å²) < 4.78 is 18.9. The van der Waals surface area contributed by atoms with Crippen LogP contribution in [0.15, 0.2) is 18.2 Å². The Hall–Kier alpha value is -1.49. The summed E-state index contributed by atoms with van der Waals surface area (Å²) in [7, 11) is 0. The third-order valence-corrected chi connectivity index (χ3v) is 3.14. The van der Waals surface area contributed by atoms with Crippen LogP contribution in [0.25, 0.3) is 0 Å². The van der Waals surface area contributed by atoms with Crippen LogP contribution in [0.3, 0.4) is 0 Å². The number of likely N-dealkylation sites (tertiary alicyclic amines) is 1. The van der Waals surface area contributed by atoms with Gasteiger partial charge in [0.1, 0.15) is 5.60 Å². The quantitative estimate of drug-likeness (QED) is 0.909. The molecule has 4 nitrogen and oxygen atoms in total. The van der Waals surface area contributed by atoms with Gasteiger partial charge in [-0.05, 0) is 32.9 Å². The van der Waals surface area contributed by atoms with Crippen LogP contribution >= 0.6 is 11.6 Å². The molecular weight excluding hydrogens is 283 g/mol. The SMILES string of the molecule is CC(C)(C)OC(=O)N1CC(Nc2cccc(Cl)c2F)C1. The van der Waals surface area contributed by atoms with E-state index in [-0.39, 0.29) is 17.2 Å². The Kier molecular flexibility index (Phi) is 4.09. The number of rotatable bonds is 2. The molecule has 0 aliphatic carbocycles. The zero-order valence-electron chi connectivity index (χ0n) is 11.7. The number of anilines is 1. The van der Waals surface area contributed by atoms with Gasteiger partial charge in [-0.25, -0.2) is 9.18 Å². The first-order chi connectivity index (χ1) is 9.26. The Labute approximate surface area is 122 Å². The van der Waals surface area contributed by atoms with E-state index in [1.807, 2.05) is 20.8 Å². The van der Waals surface area contributed by atoms with Crippen molar-refractivity contribution >= 4 is 23.4 Å². The topological polar surface area (TPSA) is 41.6 Å². The molecule has 0 aromatic heterocycles. The maximum Gasteiger partial charge on any atom is 0.410 e. The molecule has 0 radical (unpaired) electrons. The molecule has 0 unspecified atom stereocenters.